The minimum Gasteiger partial charge on any atom is -0.382 e. The Balaban J connectivity index is 1.27. The highest BCUT2D eigenvalue weighted by Gasteiger charge is 2.43. The number of morpholine rings is 1. The van der Waals surface area contributed by atoms with Crippen LogP contribution in [0.15, 0.2) is 17.0 Å². The molecule has 228 valence electrons. The van der Waals surface area contributed by atoms with Crippen LogP contribution in [0.2, 0.25) is 0 Å². The van der Waals surface area contributed by atoms with E-state index in [0.29, 0.717) is 73.1 Å². The molecule has 1 aromatic heterocycles. The number of nitrogens with zero attached hydrogens (tertiary/aromatic N) is 2. The number of nitrogens with two attached hydrogens (primary N) is 1. The number of ether oxygens (including phenoxy) is 2. The highest BCUT2D eigenvalue weighted by Crippen LogP contribution is 2.44. The first kappa shape index (κ1) is 28.9. The van der Waals surface area contributed by atoms with E-state index >= 15 is 4.39 Å². The molecule has 0 spiro atoms. The Morgan fingerprint density at radius 3 is 2.40 bits per heavy atom. The van der Waals surface area contributed by atoms with Crippen LogP contribution in [0.1, 0.15) is 66.8 Å². The first-order chi connectivity index (χ1) is 19.9. The third-order valence-electron chi connectivity index (χ3n) is 8.74. The Labute approximate surface area is 244 Å². The van der Waals surface area contributed by atoms with Crippen LogP contribution in [0.4, 0.5) is 14.9 Å². The molecule has 2 aromatic rings. The SMILES string of the molecule is CC1(C)Cc2c(c3c(n2-c2cc(F)c(C(N)=O)c(N[C@H]4CC[C@H](NC(=O)N5CCOCC5)CC4)c2)COC3)S(=O)(=O)C1. The summed E-state index contributed by atoms with van der Waals surface area (Å²) in [6, 6.07) is 2.80. The molecule has 42 heavy (non-hydrogen) atoms. The molecular weight excluding hydrogens is 565 g/mol. The summed E-state index contributed by atoms with van der Waals surface area (Å²) < 4.78 is 55.1. The minimum atomic E-state index is -3.57. The van der Waals surface area contributed by atoms with Gasteiger partial charge in [0.2, 0.25) is 0 Å². The maximum atomic E-state index is 15.6. The summed E-state index contributed by atoms with van der Waals surface area (Å²) in [7, 11) is -3.57. The van der Waals surface area contributed by atoms with Gasteiger partial charge >= 0.3 is 6.03 Å². The Hall–Kier alpha value is -3.16. The number of primary amides is 1. The molecule has 13 heteroatoms. The Bertz CT molecular complexity index is 1520. The lowest BCUT2D eigenvalue weighted by Crippen LogP contribution is -2.50. The van der Waals surface area contributed by atoms with Crippen LogP contribution in [0.5, 0.6) is 0 Å². The second-order valence-electron chi connectivity index (χ2n) is 12.6. The third kappa shape index (κ3) is 5.37. The predicted molar refractivity (Wildman–Crippen MR) is 153 cm³/mol. The van der Waals surface area contributed by atoms with Crippen molar-refractivity contribution in [3.63, 3.8) is 0 Å². The van der Waals surface area contributed by atoms with Gasteiger partial charge in [-0.3, -0.25) is 4.79 Å². The molecule has 0 bridgehead atoms. The number of benzene rings is 1. The van der Waals surface area contributed by atoms with Crippen molar-refractivity contribution in [2.45, 2.75) is 76.1 Å². The first-order valence-electron chi connectivity index (χ1n) is 14.5. The average Bonchev–Trinajstić information content (AvgIpc) is 3.48. The average molecular weight is 604 g/mol. The smallest absolute Gasteiger partial charge is 0.317 e. The van der Waals surface area contributed by atoms with E-state index in [-0.39, 0.29) is 48.3 Å². The van der Waals surface area contributed by atoms with Gasteiger partial charge in [0.15, 0.2) is 9.84 Å². The molecule has 3 amide bonds. The van der Waals surface area contributed by atoms with Crippen LogP contribution in [0.3, 0.4) is 0 Å². The van der Waals surface area contributed by atoms with Gasteiger partial charge in [0.1, 0.15) is 5.82 Å². The van der Waals surface area contributed by atoms with Gasteiger partial charge in [-0.2, -0.15) is 0 Å². The number of fused-ring (bicyclic) bond motifs is 3. The summed E-state index contributed by atoms with van der Waals surface area (Å²) in [4.78, 5) is 27.0. The molecule has 4 heterocycles. The Morgan fingerprint density at radius 2 is 1.71 bits per heavy atom. The van der Waals surface area contributed by atoms with Crippen molar-refractivity contribution in [1.29, 1.82) is 0 Å². The predicted octanol–water partition coefficient (Wildman–Crippen LogP) is 2.87. The fourth-order valence-electron chi connectivity index (χ4n) is 6.90. The summed E-state index contributed by atoms with van der Waals surface area (Å²) >= 11 is 0. The largest absolute Gasteiger partial charge is 0.382 e. The number of hydrogen-bond donors (Lipinski definition) is 3. The molecular formula is C29H38FN5O6S. The van der Waals surface area contributed by atoms with Crippen molar-refractivity contribution < 1.29 is 31.9 Å². The van der Waals surface area contributed by atoms with Crippen molar-refractivity contribution in [3.05, 3.63) is 40.5 Å². The van der Waals surface area contributed by atoms with Crippen molar-refractivity contribution >= 4 is 27.5 Å². The topological polar surface area (TPSA) is 145 Å². The van der Waals surface area contributed by atoms with E-state index in [1.165, 1.54) is 6.07 Å². The van der Waals surface area contributed by atoms with E-state index in [1.54, 1.807) is 15.5 Å². The van der Waals surface area contributed by atoms with Gasteiger partial charge in [0.05, 0.1) is 59.7 Å². The number of carbonyl (C=O) groups is 2. The highest BCUT2D eigenvalue weighted by molar-refractivity contribution is 7.91. The van der Waals surface area contributed by atoms with Crippen LogP contribution in [-0.2, 0) is 38.9 Å². The number of rotatable bonds is 5. The van der Waals surface area contributed by atoms with Crippen LogP contribution in [-0.4, -0.2) is 74.0 Å². The second kappa shape index (κ2) is 10.8. The van der Waals surface area contributed by atoms with Crippen molar-refractivity contribution in [1.82, 2.24) is 14.8 Å². The van der Waals surface area contributed by atoms with Gasteiger partial charge in [-0.25, -0.2) is 17.6 Å². The lowest BCUT2D eigenvalue weighted by atomic mass is 9.89. The number of amides is 3. The van der Waals surface area contributed by atoms with E-state index in [1.807, 2.05) is 13.8 Å². The van der Waals surface area contributed by atoms with Crippen LogP contribution in [0, 0.1) is 11.2 Å². The number of aromatic nitrogens is 1. The molecule has 1 saturated carbocycles. The number of anilines is 1. The number of nitrogens with one attached hydrogen (secondary N) is 2. The number of sulfone groups is 1. The van der Waals surface area contributed by atoms with Gasteiger partial charge in [-0.05, 0) is 49.7 Å². The van der Waals surface area contributed by atoms with Crippen LogP contribution >= 0.6 is 0 Å². The maximum absolute atomic E-state index is 15.6. The molecule has 2 fully saturated rings. The number of hydrogen-bond acceptors (Lipinski definition) is 7. The van der Waals surface area contributed by atoms with Gasteiger partial charge in [0, 0.05) is 36.4 Å². The molecule has 6 rings (SSSR count). The maximum Gasteiger partial charge on any atom is 0.317 e. The minimum absolute atomic E-state index is 0.0244. The van der Waals surface area contributed by atoms with Crippen LogP contribution < -0.4 is 16.4 Å². The summed E-state index contributed by atoms with van der Waals surface area (Å²) in [5.74, 6) is -1.64. The summed E-state index contributed by atoms with van der Waals surface area (Å²) in [5, 5.41) is 6.46. The molecule has 3 aliphatic heterocycles. The van der Waals surface area contributed by atoms with Gasteiger partial charge < -0.3 is 35.3 Å². The lowest BCUT2D eigenvalue weighted by Gasteiger charge is -2.33. The highest BCUT2D eigenvalue weighted by atomic mass is 32.2. The van der Waals surface area contributed by atoms with E-state index in [4.69, 9.17) is 15.2 Å². The van der Waals surface area contributed by atoms with E-state index in [0.717, 1.165) is 12.8 Å². The molecule has 11 nitrogen and oxygen atoms in total. The summed E-state index contributed by atoms with van der Waals surface area (Å²) in [5.41, 5.74) is 7.52. The zero-order chi connectivity index (χ0) is 29.8. The third-order valence-corrected chi connectivity index (χ3v) is 11.0. The van der Waals surface area contributed by atoms with Gasteiger partial charge in [0.25, 0.3) is 5.91 Å². The van der Waals surface area contributed by atoms with Gasteiger partial charge in [-0.1, -0.05) is 13.8 Å². The zero-order valence-corrected chi connectivity index (χ0v) is 24.8. The number of carbonyl (C=O) groups excluding carboxylic acids is 2. The number of urea groups is 1. The first-order valence-corrected chi connectivity index (χ1v) is 16.2. The Kier molecular flexibility index (Phi) is 7.47. The summed E-state index contributed by atoms with van der Waals surface area (Å²) in [6.45, 7) is 6.44. The molecule has 1 saturated heterocycles. The van der Waals surface area contributed by atoms with Gasteiger partial charge in [-0.15, -0.1) is 0 Å². The molecule has 1 aromatic carbocycles. The molecule has 0 unspecified atom stereocenters. The van der Waals surface area contributed by atoms with Crippen LogP contribution in [0.25, 0.3) is 5.69 Å². The molecule has 0 atom stereocenters. The molecule has 4 aliphatic rings. The fourth-order valence-corrected chi connectivity index (χ4v) is 9.25. The van der Waals surface area contributed by atoms with E-state index in [9.17, 15) is 18.0 Å². The quantitative estimate of drug-likeness (QED) is 0.477. The second-order valence-corrected chi connectivity index (χ2v) is 14.5. The van der Waals surface area contributed by atoms with Crippen molar-refractivity contribution in [2.75, 3.05) is 37.4 Å². The molecule has 1 aliphatic carbocycles. The normalized spacial score (nSPS) is 24.5. The molecule has 0 radical (unpaired) electrons. The fraction of sp³-hybridized carbons (Fsp3) is 0.586. The molecule has 4 N–H and O–H groups in total. The van der Waals surface area contributed by atoms with Crippen molar-refractivity contribution in [3.8, 4) is 5.69 Å². The lowest BCUT2D eigenvalue weighted by molar-refractivity contribution is 0.0521. The van der Waals surface area contributed by atoms with Crippen molar-refractivity contribution in [2.24, 2.45) is 11.1 Å². The Morgan fingerprint density at radius 1 is 1.02 bits per heavy atom. The zero-order valence-electron chi connectivity index (χ0n) is 24.0. The van der Waals surface area contributed by atoms with E-state index < -0.39 is 27.0 Å². The standard InChI is InChI=1S/C29H38FN5O6S/c1-29(2)13-23-26(42(38,39)16-29)20-14-41-15-24(20)35(23)19-11-21(30)25(27(31)36)22(12-19)32-17-3-5-18(6-4-17)33-28(37)34-7-9-40-10-8-34/h11-12,17-18,32H,3-10,13-16H2,1-2H3,(H2,31,36)(H,33,37)/t17-,18-. The monoisotopic (exact) mass is 603 g/mol. The number of halogens is 1. The van der Waals surface area contributed by atoms with E-state index in [2.05, 4.69) is 10.6 Å². The summed E-state index contributed by atoms with van der Waals surface area (Å²) in [6.07, 6.45) is 3.35.